The number of barbiturate groups is 1. The molecule has 0 spiro atoms. The lowest BCUT2D eigenvalue weighted by atomic mass is 10.0. The molecular formula is C19H12FN3O7. The number of nitro groups is 1. The molecule has 4 amide bonds. The maximum atomic E-state index is 13.1. The van der Waals surface area contributed by atoms with Crippen molar-refractivity contribution in [2.24, 2.45) is 0 Å². The maximum Gasteiger partial charge on any atom is 0.331 e. The van der Waals surface area contributed by atoms with Crippen LogP contribution in [0.4, 0.5) is 14.9 Å². The van der Waals surface area contributed by atoms with Crippen LogP contribution in [0.3, 0.4) is 0 Å². The van der Waals surface area contributed by atoms with Crippen LogP contribution in [0.25, 0.3) is 6.08 Å². The molecule has 0 atom stereocenters. The Morgan fingerprint density at radius 3 is 2.47 bits per heavy atom. The van der Waals surface area contributed by atoms with Crippen LogP contribution in [-0.2, 0) is 16.1 Å². The molecule has 0 radical (unpaired) electrons. The van der Waals surface area contributed by atoms with Crippen LogP contribution in [0, 0.1) is 15.9 Å². The summed E-state index contributed by atoms with van der Waals surface area (Å²) in [5.74, 6) is -2.04. The third-order valence-corrected chi connectivity index (χ3v) is 4.46. The van der Waals surface area contributed by atoms with Crippen molar-refractivity contribution in [3.63, 3.8) is 0 Å². The number of carbonyl (C=O) groups is 3. The molecule has 4 rings (SSSR count). The quantitative estimate of drug-likeness (QED) is 0.352. The highest BCUT2D eigenvalue weighted by Crippen LogP contribution is 2.39. The summed E-state index contributed by atoms with van der Waals surface area (Å²) in [7, 11) is 0. The predicted molar refractivity (Wildman–Crippen MR) is 97.7 cm³/mol. The molecule has 1 N–H and O–H groups in total. The molecule has 2 aliphatic heterocycles. The van der Waals surface area contributed by atoms with Crippen molar-refractivity contribution in [2.45, 2.75) is 6.54 Å². The van der Waals surface area contributed by atoms with Crippen LogP contribution in [-0.4, -0.2) is 34.5 Å². The first-order valence-corrected chi connectivity index (χ1v) is 8.55. The van der Waals surface area contributed by atoms with Gasteiger partial charge in [-0.3, -0.25) is 29.9 Å². The smallest absolute Gasteiger partial charge is 0.331 e. The van der Waals surface area contributed by atoms with Gasteiger partial charge in [-0.1, -0.05) is 12.1 Å². The molecule has 0 bridgehead atoms. The van der Waals surface area contributed by atoms with Crippen LogP contribution < -0.4 is 14.8 Å². The fourth-order valence-corrected chi connectivity index (χ4v) is 2.99. The SMILES string of the molecule is O=C1NC(=O)N(Cc2ccc(F)cc2)C(=O)/C1=C\c1cc2c(cc1[N+](=O)[O-])OCO2. The number of hydrogen-bond acceptors (Lipinski definition) is 7. The molecule has 10 nitrogen and oxygen atoms in total. The molecule has 0 saturated carbocycles. The second-order valence-corrected chi connectivity index (χ2v) is 6.36. The number of amides is 4. The minimum atomic E-state index is -0.993. The number of nitro benzene ring substituents is 1. The van der Waals surface area contributed by atoms with Crippen molar-refractivity contribution >= 4 is 29.6 Å². The molecular weight excluding hydrogens is 401 g/mol. The predicted octanol–water partition coefficient (Wildman–Crippen LogP) is 2.12. The molecule has 2 heterocycles. The number of halogens is 1. The molecule has 1 fully saturated rings. The highest BCUT2D eigenvalue weighted by Gasteiger charge is 2.36. The Hall–Kier alpha value is -4.28. The number of nitrogens with one attached hydrogen (secondary N) is 1. The number of hydrogen-bond donors (Lipinski definition) is 1. The third kappa shape index (κ3) is 3.43. The van der Waals surface area contributed by atoms with Gasteiger partial charge >= 0.3 is 6.03 Å². The van der Waals surface area contributed by atoms with E-state index < -0.39 is 39.8 Å². The lowest BCUT2D eigenvalue weighted by molar-refractivity contribution is -0.385. The Morgan fingerprint density at radius 2 is 1.80 bits per heavy atom. The van der Waals surface area contributed by atoms with Gasteiger partial charge in [-0.05, 0) is 29.8 Å². The number of imide groups is 2. The lowest BCUT2D eigenvalue weighted by Gasteiger charge is -2.26. The van der Waals surface area contributed by atoms with E-state index in [9.17, 15) is 28.9 Å². The van der Waals surface area contributed by atoms with Crippen LogP contribution in [0.15, 0.2) is 42.0 Å². The van der Waals surface area contributed by atoms with Gasteiger partial charge in [-0.15, -0.1) is 0 Å². The molecule has 11 heteroatoms. The number of nitrogens with zero attached hydrogens (tertiary/aromatic N) is 2. The largest absolute Gasteiger partial charge is 0.454 e. The number of carbonyl (C=O) groups excluding carboxylic acids is 3. The Labute approximate surface area is 167 Å². The van der Waals surface area contributed by atoms with Gasteiger partial charge in [0, 0.05) is 0 Å². The first kappa shape index (κ1) is 19.1. The summed E-state index contributed by atoms with van der Waals surface area (Å²) in [5.41, 5.74) is -0.505. The first-order chi connectivity index (χ1) is 14.3. The van der Waals surface area contributed by atoms with Crippen molar-refractivity contribution in [2.75, 3.05) is 6.79 Å². The van der Waals surface area contributed by atoms with Crippen LogP contribution >= 0.6 is 0 Å². The van der Waals surface area contributed by atoms with Crippen LogP contribution in [0.1, 0.15) is 11.1 Å². The zero-order valence-electron chi connectivity index (χ0n) is 15.1. The maximum absolute atomic E-state index is 13.1. The monoisotopic (exact) mass is 413 g/mol. The third-order valence-electron chi connectivity index (χ3n) is 4.46. The van der Waals surface area contributed by atoms with E-state index in [2.05, 4.69) is 0 Å². The number of ether oxygens (including phenoxy) is 2. The van der Waals surface area contributed by atoms with E-state index in [-0.39, 0.29) is 30.4 Å². The normalized spacial score (nSPS) is 16.8. The summed E-state index contributed by atoms with van der Waals surface area (Å²) in [4.78, 5) is 48.7. The van der Waals surface area contributed by atoms with Gasteiger partial charge < -0.3 is 9.47 Å². The number of rotatable bonds is 4. The summed E-state index contributed by atoms with van der Waals surface area (Å²) in [6, 6.07) is 6.55. The van der Waals surface area contributed by atoms with E-state index in [0.717, 1.165) is 17.0 Å². The Bertz CT molecular complexity index is 1130. The van der Waals surface area contributed by atoms with Crippen molar-refractivity contribution in [3.05, 3.63) is 69.0 Å². The molecule has 2 aromatic rings. The summed E-state index contributed by atoms with van der Waals surface area (Å²) >= 11 is 0. The van der Waals surface area contributed by atoms with Gasteiger partial charge in [-0.2, -0.15) is 0 Å². The van der Waals surface area contributed by atoms with E-state index >= 15 is 0 Å². The van der Waals surface area contributed by atoms with Gasteiger partial charge in [0.05, 0.1) is 23.1 Å². The average Bonchev–Trinajstić information content (AvgIpc) is 3.16. The second-order valence-electron chi connectivity index (χ2n) is 6.36. The summed E-state index contributed by atoms with van der Waals surface area (Å²) < 4.78 is 23.4. The molecule has 152 valence electrons. The van der Waals surface area contributed by atoms with Crippen molar-refractivity contribution in [1.82, 2.24) is 10.2 Å². The zero-order valence-corrected chi connectivity index (χ0v) is 15.1. The molecule has 0 unspecified atom stereocenters. The van der Waals surface area contributed by atoms with Crippen molar-refractivity contribution in [1.29, 1.82) is 0 Å². The molecule has 30 heavy (non-hydrogen) atoms. The van der Waals surface area contributed by atoms with Crippen molar-refractivity contribution < 1.29 is 33.2 Å². The van der Waals surface area contributed by atoms with E-state index in [4.69, 9.17) is 9.47 Å². The van der Waals surface area contributed by atoms with Crippen LogP contribution in [0.5, 0.6) is 11.5 Å². The standard InChI is InChI=1S/C19H12FN3O7/c20-12-3-1-10(2-4-12)8-22-18(25)13(17(24)21-19(22)26)5-11-6-15-16(30-9-29-15)7-14(11)23(27)28/h1-7H,8-9H2,(H,21,24,26)/b13-5-. The highest BCUT2D eigenvalue weighted by molar-refractivity contribution is 6.31. The average molecular weight is 413 g/mol. The topological polar surface area (TPSA) is 128 Å². The highest BCUT2D eigenvalue weighted by atomic mass is 19.1. The minimum absolute atomic E-state index is 0.0705. The zero-order chi connectivity index (χ0) is 21.4. The summed E-state index contributed by atoms with van der Waals surface area (Å²) in [6.07, 6.45) is 1.02. The Kier molecular flexibility index (Phi) is 4.62. The number of benzene rings is 2. The van der Waals surface area contributed by atoms with Gasteiger partial charge in [0.15, 0.2) is 11.5 Å². The van der Waals surface area contributed by atoms with Gasteiger partial charge in [0.25, 0.3) is 17.5 Å². The Balaban J connectivity index is 1.71. The number of urea groups is 1. The van der Waals surface area contributed by atoms with E-state index in [1.54, 1.807) is 0 Å². The van der Waals surface area contributed by atoms with Crippen LogP contribution in [0.2, 0.25) is 0 Å². The minimum Gasteiger partial charge on any atom is -0.454 e. The molecule has 0 aliphatic carbocycles. The molecule has 2 aromatic carbocycles. The van der Waals surface area contributed by atoms with E-state index in [1.807, 2.05) is 5.32 Å². The van der Waals surface area contributed by atoms with Gasteiger partial charge in [0.1, 0.15) is 11.4 Å². The molecule has 2 aliphatic rings. The first-order valence-electron chi connectivity index (χ1n) is 8.55. The van der Waals surface area contributed by atoms with E-state index in [0.29, 0.717) is 5.56 Å². The number of fused-ring (bicyclic) bond motifs is 1. The molecule has 1 saturated heterocycles. The Morgan fingerprint density at radius 1 is 1.13 bits per heavy atom. The summed E-state index contributed by atoms with van der Waals surface area (Å²) in [5, 5.41) is 13.4. The fraction of sp³-hybridized carbons (Fsp3) is 0.105. The van der Waals surface area contributed by atoms with Gasteiger partial charge in [-0.25, -0.2) is 9.18 Å². The second kappa shape index (κ2) is 7.28. The lowest BCUT2D eigenvalue weighted by Crippen LogP contribution is -2.53. The van der Waals surface area contributed by atoms with Crippen molar-refractivity contribution in [3.8, 4) is 11.5 Å². The van der Waals surface area contributed by atoms with Gasteiger partial charge in [0.2, 0.25) is 6.79 Å². The molecule has 0 aromatic heterocycles. The van der Waals surface area contributed by atoms with E-state index in [1.165, 1.54) is 30.3 Å². The summed E-state index contributed by atoms with van der Waals surface area (Å²) in [6.45, 7) is -0.343. The fourth-order valence-electron chi connectivity index (χ4n) is 2.99.